The summed E-state index contributed by atoms with van der Waals surface area (Å²) < 4.78 is 6.33. The van der Waals surface area contributed by atoms with Crippen molar-refractivity contribution < 1.29 is 19.7 Å². The molecule has 1 aromatic rings. The van der Waals surface area contributed by atoms with Gasteiger partial charge < -0.3 is 14.9 Å². The zero-order valence-electron chi connectivity index (χ0n) is 16.5. The van der Waals surface area contributed by atoms with Crippen LogP contribution in [0, 0.1) is 11.8 Å². The summed E-state index contributed by atoms with van der Waals surface area (Å²) in [6, 6.07) is 1.89. The third kappa shape index (κ3) is 3.30. The number of fused-ring (bicyclic) bond motifs is 3. The Bertz CT molecular complexity index is 692. The number of carboxylic acids is 1. The highest BCUT2D eigenvalue weighted by Crippen LogP contribution is 2.56. The molecule has 1 fully saturated rings. The first-order valence-electron chi connectivity index (χ1n) is 10.1. The molecule has 3 atom stereocenters. The van der Waals surface area contributed by atoms with Crippen LogP contribution < -0.4 is 4.74 Å². The highest BCUT2D eigenvalue weighted by Gasteiger charge is 2.47. The van der Waals surface area contributed by atoms with Crippen molar-refractivity contribution in [2.24, 2.45) is 11.8 Å². The Morgan fingerprint density at radius 2 is 2.04 bits per heavy atom. The minimum atomic E-state index is -1.04. The third-order valence-corrected chi connectivity index (χ3v) is 6.40. The van der Waals surface area contributed by atoms with E-state index in [0.717, 1.165) is 44.1 Å². The van der Waals surface area contributed by atoms with Crippen LogP contribution in [-0.2, 0) is 6.42 Å². The second-order valence-corrected chi connectivity index (χ2v) is 8.77. The summed E-state index contributed by atoms with van der Waals surface area (Å²) in [6.45, 7) is 8.62. The van der Waals surface area contributed by atoms with Gasteiger partial charge in [0.1, 0.15) is 22.7 Å². The predicted octanol–water partition coefficient (Wildman–Crippen LogP) is 5.51. The van der Waals surface area contributed by atoms with Gasteiger partial charge >= 0.3 is 5.97 Å². The fraction of sp³-hybridized carbons (Fsp3) is 0.682. The Morgan fingerprint density at radius 3 is 2.69 bits per heavy atom. The van der Waals surface area contributed by atoms with E-state index >= 15 is 0 Å². The molecule has 1 saturated carbocycles. The zero-order valence-corrected chi connectivity index (χ0v) is 16.5. The second kappa shape index (κ2) is 7.13. The number of carboxylic acid groups (broad SMARTS) is 1. The van der Waals surface area contributed by atoms with Crippen LogP contribution in [0.1, 0.15) is 93.6 Å². The normalized spacial score (nSPS) is 26.5. The van der Waals surface area contributed by atoms with Gasteiger partial charge in [-0.05, 0) is 63.0 Å². The number of aromatic hydroxyl groups is 1. The first-order valence-corrected chi connectivity index (χ1v) is 10.1. The summed E-state index contributed by atoms with van der Waals surface area (Å²) in [5.74, 6) is 0.655. The molecule has 1 aliphatic heterocycles. The molecule has 0 spiro atoms. The number of unbranched alkanes of at least 4 members (excludes halogenated alkanes) is 2. The topological polar surface area (TPSA) is 66.8 Å². The van der Waals surface area contributed by atoms with Gasteiger partial charge in [0, 0.05) is 11.5 Å². The van der Waals surface area contributed by atoms with Crippen LogP contribution in [0.15, 0.2) is 6.07 Å². The van der Waals surface area contributed by atoms with Crippen molar-refractivity contribution in [1.82, 2.24) is 0 Å². The van der Waals surface area contributed by atoms with Crippen LogP contribution in [0.25, 0.3) is 0 Å². The smallest absolute Gasteiger partial charge is 0.339 e. The molecule has 1 aliphatic carbocycles. The van der Waals surface area contributed by atoms with Crippen LogP contribution in [0.3, 0.4) is 0 Å². The molecule has 2 N–H and O–H groups in total. The summed E-state index contributed by atoms with van der Waals surface area (Å²) >= 11 is 0. The second-order valence-electron chi connectivity index (χ2n) is 8.77. The lowest BCUT2D eigenvalue weighted by Gasteiger charge is -2.49. The molecule has 0 amide bonds. The molecule has 3 unspecified atom stereocenters. The van der Waals surface area contributed by atoms with Crippen molar-refractivity contribution in [1.29, 1.82) is 0 Å². The van der Waals surface area contributed by atoms with E-state index in [0.29, 0.717) is 29.6 Å². The van der Waals surface area contributed by atoms with Crippen LogP contribution >= 0.6 is 0 Å². The van der Waals surface area contributed by atoms with Gasteiger partial charge in [0.05, 0.1) is 0 Å². The quantitative estimate of drug-likeness (QED) is 0.679. The largest absolute Gasteiger partial charge is 0.507 e. The van der Waals surface area contributed by atoms with Gasteiger partial charge in [-0.3, -0.25) is 0 Å². The number of hydrogen-bond donors (Lipinski definition) is 2. The van der Waals surface area contributed by atoms with Crippen LogP contribution in [-0.4, -0.2) is 21.8 Å². The van der Waals surface area contributed by atoms with Crippen molar-refractivity contribution in [3.63, 3.8) is 0 Å². The van der Waals surface area contributed by atoms with Crippen LogP contribution in [0.2, 0.25) is 0 Å². The average molecular weight is 360 g/mol. The molecule has 0 bridgehead atoms. The van der Waals surface area contributed by atoms with Crippen molar-refractivity contribution in [3.8, 4) is 11.5 Å². The predicted molar refractivity (Wildman–Crippen MR) is 102 cm³/mol. The van der Waals surface area contributed by atoms with Gasteiger partial charge in [0.15, 0.2) is 0 Å². The van der Waals surface area contributed by atoms with Gasteiger partial charge in [-0.1, -0.05) is 33.1 Å². The van der Waals surface area contributed by atoms with Crippen LogP contribution in [0.5, 0.6) is 11.5 Å². The molecule has 1 heterocycles. The Morgan fingerprint density at radius 1 is 1.31 bits per heavy atom. The summed E-state index contributed by atoms with van der Waals surface area (Å²) in [4.78, 5) is 11.9. The van der Waals surface area contributed by atoms with Gasteiger partial charge in [-0.2, -0.15) is 0 Å². The Labute approximate surface area is 156 Å². The number of carbonyl (C=O) groups is 1. The van der Waals surface area contributed by atoms with Crippen molar-refractivity contribution in [2.45, 2.75) is 84.2 Å². The summed E-state index contributed by atoms with van der Waals surface area (Å²) in [5, 5.41) is 20.7. The molecule has 1 aromatic carbocycles. The molecule has 0 aromatic heterocycles. The van der Waals surface area contributed by atoms with E-state index in [1.807, 2.05) is 6.07 Å². The number of hydrogen-bond acceptors (Lipinski definition) is 3. The molecule has 4 heteroatoms. The van der Waals surface area contributed by atoms with Gasteiger partial charge in [-0.15, -0.1) is 0 Å². The number of phenols is 1. The molecular formula is C22H32O4. The van der Waals surface area contributed by atoms with Crippen molar-refractivity contribution in [2.75, 3.05) is 0 Å². The SMILES string of the molecule is CCCCCc1cc2c(c(O)c1C(=O)O)C1CC(C)CCC1C(C)(C)O2. The molecular weight excluding hydrogens is 328 g/mol. The number of aromatic carboxylic acids is 1. The number of benzene rings is 1. The highest BCUT2D eigenvalue weighted by atomic mass is 16.5. The third-order valence-electron chi connectivity index (χ3n) is 6.40. The summed E-state index contributed by atoms with van der Waals surface area (Å²) in [7, 11) is 0. The van der Waals surface area contributed by atoms with E-state index in [2.05, 4.69) is 27.7 Å². The van der Waals surface area contributed by atoms with E-state index in [9.17, 15) is 15.0 Å². The minimum Gasteiger partial charge on any atom is -0.507 e. The molecule has 0 radical (unpaired) electrons. The molecule has 4 nitrogen and oxygen atoms in total. The van der Waals surface area contributed by atoms with Gasteiger partial charge in [0.2, 0.25) is 0 Å². The lowest BCUT2D eigenvalue weighted by Crippen LogP contribution is -2.46. The molecule has 0 saturated heterocycles. The minimum absolute atomic E-state index is 0.0545. The van der Waals surface area contributed by atoms with E-state index < -0.39 is 5.97 Å². The fourth-order valence-electron chi connectivity index (χ4n) is 5.05. The molecule has 144 valence electrons. The summed E-state index contributed by atoms with van der Waals surface area (Å²) in [5.41, 5.74) is 1.22. The Kier molecular flexibility index (Phi) is 5.23. The number of aryl methyl sites for hydroxylation is 1. The van der Waals surface area contributed by atoms with E-state index in [-0.39, 0.29) is 22.8 Å². The lowest BCUT2D eigenvalue weighted by molar-refractivity contribution is -0.0146. The maximum atomic E-state index is 11.9. The fourth-order valence-corrected chi connectivity index (χ4v) is 5.05. The first kappa shape index (κ1) is 19.1. The Balaban J connectivity index is 2.11. The first-order chi connectivity index (χ1) is 12.3. The number of rotatable bonds is 5. The lowest BCUT2D eigenvalue weighted by atomic mass is 9.64. The van der Waals surface area contributed by atoms with Gasteiger partial charge in [-0.25, -0.2) is 4.79 Å². The standard InChI is InChI=1S/C22H32O4/c1-5-6-7-8-14-12-17-19(20(23)18(14)21(24)25)15-11-13(2)9-10-16(15)22(3,4)26-17/h12-13,15-16,23H,5-11H2,1-4H3,(H,24,25). The maximum absolute atomic E-state index is 11.9. The van der Waals surface area contributed by atoms with E-state index in [1.54, 1.807) is 0 Å². The zero-order chi connectivity index (χ0) is 19.1. The van der Waals surface area contributed by atoms with Crippen molar-refractivity contribution in [3.05, 3.63) is 22.8 Å². The molecule has 2 aliphatic rings. The average Bonchev–Trinajstić information content (AvgIpc) is 2.53. The Hall–Kier alpha value is -1.71. The highest BCUT2D eigenvalue weighted by molar-refractivity contribution is 5.94. The van der Waals surface area contributed by atoms with Crippen LogP contribution in [0.4, 0.5) is 0 Å². The van der Waals surface area contributed by atoms with Crippen molar-refractivity contribution >= 4 is 5.97 Å². The maximum Gasteiger partial charge on any atom is 0.339 e. The summed E-state index contributed by atoms with van der Waals surface area (Å²) in [6.07, 6.45) is 6.89. The van der Waals surface area contributed by atoms with Gasteiger partial charge in [0.25, 0.3) is 0 Å². The molecule has 3 rings (SSSR count). The molecule has 26 heavy (non-hydrogen) atoms. The van der Waals surface area contributed by atoms with E-state index in [4.69, 9.17) is 4.74 Å². The van der Waals surface area contributed by atoms with E-state index in [1.165, 1.54) is 0 Å². The number of ether oxygens (including phenoxy) is 1. The monoisotopic (exact) mass is 360 g/mol.